The lowest BCUT2D eigenvalue weighted by molar-refractivity contribution is -0.189. The number of allylic oxidation sites excluding steroid dienone is 2. The van der Waals surface area contributed by atoms with Crippen molar-refractivity contribution in [1.29, 1.82) is 0 Å². The summed E-state index contributed by atoms with van der Waals surface area (Å²) in [5, 5.41) is 16.2. The van der Waals surface area contributed by atoms with Crippen molar-refractivity contribution in [2.75, 3.05) is 85.8 Å². The number of aliphatic hydroxyl groups is 1. The Balaban J connectivity index is 0.000000176. The molecule has 0 amide bonds. The minimum atomic E-state index is -0.525. The molecule has 2 saturated heterocycles. The highest BCUT2D eigenvalue weighted by molar-refractivity contribution is 9.15. The normalized spacial score (nSPS) is 21.0. The summed E-state index contributed by atoms with van der Waals surface area (Å²) >= 11 is 16.8. The van der Waals surface area contributed by atoms with Crippen LogP contribution in [-0.4, -0.2) is 183 Å². The molecule has 672 valence electrons. The molecule has 10 aliphatic rings. The predicted molar refractivity (Wildman–Crippen MR) is 505 cm³/mol. The van der Waals surface area contributed by atoms with Crippen molar-refractivity contribution >= 4 is 159 Å². The molecule has 2 aliphatic heterocycles. The van der Waals surface area contributed by atoms with Crippen molar-refractivity contribution in [1.82, 2.24) is 14.1 Å². The number of aromatic amines is 1. The Bertz CT molecular complexity index is 4520. The number of hydrazone groups is 1. The highest BCUT2D eigenvalue weighted by Crippen LogP contribution is 2.43. The third-order valence-corrected chi connectivity index (χ3v) is 25.0. The zero-order valence-electron chi connectivity index (χ0n) is 73.2. The van der Waals surface area contributed by atoms with E-state index < -0.39 is 11.2 Å². The number of Topliss-reactive ketones (excluding diaryl/α,β-unsaturated/α-hetero) is 1. The number of ether oxygens (including phenoxy) is 12. The monoisotopic (exact) mass is 2030 g/mol. The van der Waals surface area contributed by atoms with Gasteiger partial charge in [0.1, 0.15) is 28.6 Å². The van der Waals surface area contributed by atoms with Gasteiger partial charge in [-0.3, -0.25) is 16.1 Å². The molecular weight excluding hydrogens is 1910 g/mol. The molecule has 8 aliphatic carbocycles. The summed E-state index contributed by atoms with van der Waals surface area (Å²) in [5.41, 5.74) is 19.1. The molecule has 3 aromatic heterocycles. The van der Waals surface area contributed by atoms with Gasteiger partial charge in [-0.15, -0.1) is 12.4 Å². The van der Waals surface area contributed by atoms with Crippen LogP contribution in [0.5, 0.6) is 0 Å². The van der Waals surface area contributed by atoms with Crippen LogP contribution in [-0.2, 0) is 100 Å². The number of alkyl halides is 1. The molecule has 0 bridgehead atoms. The second kappa shape index (κ2) is 49.9. The number of hydrogen-bond donors (Lipinski definition) is 5. The van der Waals surface area contributed by atoms with Crippen LogP contribution in [0.4, 0.5) is 21.0 Å². The Labute approximate surface area is 769 Å². The van der Waals surface area contributed by atoms with Crippen LogP contribution in [0.2, 0.25) is 0 Å². The Hall–Kier alpha value is -5.28. The molecule has 0 radical (unpaired) electrons. The number of aromatic nitrogens is 3. The average Bonchev–Trinajstić information content (AvgIpc) is 1.60. The van der Waals surface area contributed by atoms with E-state index in [1.54, 1.807) is 44.7 Å². The zero-order valence-corrected chi connectivity index (χ0v) is 81.9. The van der Waals surface area contributed by atoms with Gasteiger partial charge in [0.25, 0.3) is 0 Å². The number of carbonyl (C=O) groups is 3. The maximum atomic E-state index is 12.8. The number of fused-ring (bicyclic) bond motifs is 9. The van der Waals surface area contributed by atoms with E-state index in [1.165, 1.54) is 33.4 Å². The largest absolute Gasteiger partial charge is 0.443 e. The second-order valence-electron chi connectivity index (χ2n) is 33.4. The number of ketones is 1. The molecule has 4 aromatic carbocycles. The smallest absolute Gasteiger partial charge is 0.421 e. The average molecular weight is 2040 g/mol. The number of hydrazine groups is 1. The first kappa shape index (κ1) is 102. The lowest BCUT2D eigenvalue weighted by Crippen LogP contribution is -2.37. The maximum Gasteiger partial charge on any atom is 0.421 e. The third-order valence-electron chi connectivity index (χ3n) is 22.9. The predicted octanol–water partition coefficient (Wildman–Crippen LogP) is 21.8. The molecule has 2 spiro atoms. The number of anilines is 2. The summed E-state index contributed by atoms with van der Waals surface area (Å²) in [6, 6.07) is 30.3. The molecule has 6 fully saturated rings. The SMILES string of the molecule is CBr.COC1CCC(=NNc2cccc(Br)c2)CC1.COC1CCC(=O)CC1.COC1CCC2(CC1)OCCO2.COC1CCc2[nH]c3ccccc3c2C1.COC1CCc2c(c3c(n2C(=O)OC(C)(C)C)C=C[C+]=C3Br)C1.COC1CCc2c(c3ccc(Br)cc3n2C(=O)OC(C)(C)C)C1.Cl.NNc1cccc(Br)c1.OC1CCC2(CC1)OCCO2. The molecule has 23 nitrogen and oxygen atoms in total. The van der Waals surface area contributed by atoms with Gasteiger partial charge in [0, 0.05) is 164 Å². The van der Waals surface area contributed by atoms with Gasteiger partial charge >= 0.3 is 12.2 Å². The molecule has 3 unspecified atom stereocenters. The first-order valence-electron chi connectivity index (χ1n) is 42.3. The number of benzene rings is 4. The van der Waals surface area contributed by atoms with Gasteiger partial charge in [0.05, 0.1) is 92.5 Å². The number of methoxy groups -OCH3 is 6. The molecule has 4 saturated carbocycles. The van der Waals surface area contributed by atoms with Crippen molar-refractivity contribution in [3.05, 3.63) is 162 Å². The van der Waals surface area contributed by atoms with Crippen LogP contribution in [0.1, 0.15) is 209 Å². The van der Waals surface area contributed by atoms with E-state index in [1.807, 2.05) is 127 Å². The molecule has 17 rings (SSSR count). The highest BCUT2D eigenvalue weighted by Gasteiger charge is 2.43. The standard InChI is InChI=1S/C18H22BrNO3.C18H21BrNO3.C13H17BrN2O.C13H15NO.C9H16O3.C8H14O3.C7H12O2.C6H7BrN2.CH3Br.ClH/c1-18(2,3)23-17(21)20-15-8-6-12(22-4)10-14(15)13-7-5-11(19)9-16(13)20;1-18(2,3)23-17(21)20-14-9-8-11(22-4)10-12(14)16-13(19)6-5-7-15(16)20;1-17-13-7-5-11(6-8-13)15-16-12-4-2-3-10(14)9-12;1-15-9-6-7-13-11(8-9)10-4-2-3-5-12(10)14-13;1-10-8-2-4-9(5-3-8)11-6-7-12-9;9-7-1-3-8(4-2-7)10-5-6-11-8;1-9-7-4-2-6(8)3-5-7;7-5-2-1-3-6(4-5)9-8;1-2;/h5,7,9,12H,6,8,10H2,1-4H3;5,7,11H,8-10H2,1-4H3;2-4,9,13,16H,5-8H2,1H3;2-5,9,14H,6-8H2,1H3;8H,2-7H2,1H3;7,9H,1-6H2;7H,2-5H2,1H3;1-4,9H,8H2;1H3;1H/q;+1;;;;;;;;. The van der Waals surface area contributed by atoms with E-state index in [9.17, 15) is 19.5 Å². The van der Waals surface area contributed by atoms with Crippen LogP contribution < -0.4 is 16.7 Å². The summed E-state index contributed by atoms with van der Waals surface area (Å²) < 4.78 is 73.0. The van der Waals surface area contributed by atoms with E-state index in [-0.39, 0.29) is 54.5 Å². The minimum Gasteiger partial charge on any atom is -0.443 e. The fourth-order valence-corrected chi connectivity index (χ4v) is 18.2. The number of hydrogen-bond acceptors (Lipinski definition) is 20. The summed E-state index contributed by atoms with van der Waals surface area (Å²) in [6.45, 7) is 14.3. The van der Waals surface area contributed by atoms with Crippen LogP contribution >= 0.6 is 92.1 Å². The number of rotatable bonds is 9. The van der Waals surface area contributed by atoms with E-state index in [2.05, 4.69) is 137 Å². The third kappa shape index (κ3) is 29.9. The molecule has 3 atom stereocenters. The number of para-hydroxylation sites is 1. The van der Waals surface area contributed by atoms with Gasteiger partial charge < -0.3 is 72.4 Å². The fourth-order valence-electron chi connectivity index (χ4n) is 16.5. The lowest BCUT2D eigenvalue weighted by atomic mass is 9.91. The summed E-state index contributed by atoms with van der Waals surface area (Å²) in [4.78, 5) is 39.7. The van der Waals surface area contributed by atoms with Crippen molar-refractivity contribution in [3.8, 4) is 0 Å². The Morgan fingerprint density at radius 2 is 0.984 bits per heavy atom. The Kier molecular flexibility index (Phi) is 41.8. The Morgan fingerprint density at radius 1 is 0.533 bits per heavy atom. The molecule has 122 heavy (non-hydrogen) atoms. The van der Waals surface area contributed by atoms with Gasteiger partial charge in [0.2, 0.25) is 0 Å². The van der Waals surface area contributed by atoms with Gasteiger partial charge in [-0.25, -0.2) is 18.7 Å². The highest BCUT2D eigenvalue weighted by atomic mass is 79.9. The van der Waals surface area contributed by atoms with E-state index in [0.717, 1.165) is 255 Å². The van der Waals surface area contributed by atoms with Gasteiger partial charge in [-0.2, -0.15) is 5.10 Å². The number of halogens is 6. The molecule has 5 heterocycles. The molecular formula is C93H128Br5ClN7O16+. The number of H-pyrrole nitrogens is 1. The number of nitrogens with zero attached hydrogens (tertiary/aromatic N) is 3. The number of aryl methyl sites for hydroxylation is 1. The minimum absolute atomic E-state index is 0. The lowest BCUT2D eigenvalue weighted by Gasteiger charge is -2.34. The number of nitrogen functional groups attached to an aromatic ring is 1. The number of carbonyl (C=O) groups excluding carboxylic acids is 3. The number of aliphatic hydroxyl groups excluding tert-OH is 1. The van der Waals surface area contributed by atoms with Crippen molar-refractivity contribution in [2.45, 2.75) is 268 Å². The van der Waals surface area contributed by atoms with Crippen molar-refractivity contribution in [3.63, 3.8) is 0 Å². The topological polar surface area (TPSA) is 270 Å². The summed E-state index contributed by atoms with van der Waals surface area (Å²) in [7, 11) is 10.6. The fraction of sp³-hybridized carbons (Fsp3) is 0.570. The number of nitrogens with one attached hydrogen (secondary N) is 3. The first-order chi connectivity index (χ1) is 58.1. The van der Waals surface area contributed by atoms with Gasteiger partial charge in [-0.05, 0) is 232 Å². The first-order valence-corrected chi connectivity index (χ1v) is 47.0. The van der Waals surface area contributed by atoms with E-state index in [4.69, 9.17) is 62.7 Å². The maximum absolute atomic E-state index is 12.8. The van der Waals surface area contributed by atoms with E-state index in [0.29, 0.717) is 30.2 Å². The number of nitrogens with two attached hydrogens (primary N) is 1. The van der Waals surface area contributed by atoms with Crippen LogP contribution in [0.15, 0.2) is 116 Å². The Morgan fingerprint density at radius 3 is 1.50 bits per heavy atom. The van der Waals surface area contributed by atoms with Crippen molar-refractivity contribution < 1.29 is 76.3 Å². The van der Waals surface area contributed by atoms with Gasteiger partial charge in [-0.1, -0.05) is 100 Å². The van der Waals surface area contributed by atoms with E-state index >= 15 is 0 Å². The summed E-state index contributed by atoms with van der Waals surface area (Å²) in [6.07, 6.45) is 31.5. The van der Waals surface area contributed by atoms with Crippen LogP contribution in [0, 0.1) is 6.08 Å². The van der Waals surface area contributed by atoms with Crippen LogP contribution in [0.3, 0.4) is 0 Å². The van der Waals surface area contributed by atoms with Crippen molar-refractivity contribution in [2.24, 2.45) is 10.9 Å². The molecule has 6 N–H and O–H groups in total. The summed E-state index contributed by atoms with van der Waals surface area (Å²) in [5.74, 6) is 6.82. The van der Waals surface area contributed by atoms with Gasteiger partial charge in [0.15, 0.2) is 21.8 Å². The van der Waals surface area contributed by atoms with Crippen LogP contribution in [0.25, 0.3) is 32.4 Å². The quantitative estimate of drug-likeness (QED) is 0.0389. The molecule has 29 heteroatoms. The molecule has 7 aromatic rings. The zero-order chi connectivity index (χ0) is 87.4. The second-order valence-corrected chi connectivity index (χ2v) is 36.9.